The molecular weight excluding hydrogens is 200 g/mol. The van der Waals surface area contributed by atoms with E-state index in [0.29, 0.717) is 11.5 Å². The zero-order valence-corrected chi connectivity index (χ0v) is 9.07. The second kappa shape index (κ2) is 3.74. The van der Waals surface area contributed by atoms with Crippen LogP contribution < -0.4 is 0 Å². The maximum Gasteiger partial charge on any atom is 0.152 e. The number of aldehydes is 1. The van der Waals surface area contributed by atoms with Gasteiger partial charge in [0.1, 0.15) is 0 Å². The molecule has 0 saturated heterocycles. The highest BCUT2D eigenvalue weighted by molar-refractivity contribution is 5.94. The molecule has 0 aliphatic heterocycles. The number of nitrogens with zero attached hydrogens (tertiary/aromatic N) is 1. The average Bonchev–Trinajstić information content (AvgIpc) is 2.96. The van der Waals surface area contributed by atoms with E-state index in [2.05, 4.69) is 16.0 Å². The molecule has 1 aliphatic carbocycles. The van der Waals surface area contributed by atoms with Crippen LogP contribution >= 0.6 is 0 Å². The summed E-state index contributed by atoms with van der Waals surface area (Å²) in [6.45, 7) is 0. The number of fused-ring (bicyclic) bond motifs is 1. The number of carbonyl (C=O) groups is 1. The van der Waals surface area contributed by atoms with E-state index in [-0.39, 0.29) is 0 Å². The molecular formula is C13H14N2O. The minimum Gasteiger partial charge on any atom is -0.356 e. The van der Waals surface area contributed by atoms with Gasteiger partial charge in [-0.2, -0.15) is 0 Å². The molecule has 0 aromatic carbocycles. The Morgan fingerprint density at radius 2 is 2.19 bits per heavy atom. The third-order valence-corrected chi connectivity index (χ3v) is 3.50. The lowest BCUT2D eigenvalue weighted by Gasteiger charge is -2.04. The summed E-state index contributed by atoms with van der Waals surface area (Å²) in [6.07, 6.45) is 7.71. The van der Waals surface area contributed by atoms with Crippen LogP contribution in [0, 0.1) is 0 Å². The van der Waals surface area contributed by atoms with Gasteiger partial charge in [-0.3, -0.25) is 9.78 Å². The summed E-state index contributed by atoms with van der Waals surface area (Å²) in [6, 6.07) is 3.85. The molecule has 1 aliphatic rings. The van der Waals surface area contributed by atoms with Gasteiger partial charge in [-0.05, 0) is 30.9 Å². The van der Waals surface area contributed by atoms with Crippen molar-refractivity contribution in [2.24, 2.45) is 0 Å². The Morgan fingerprint density at radius 3 is 2.94 bits per heavy atom. The van der Waals surface area contributed by atoms with E-state index in [9.17, 15) is 4.79 Å². The van der Waals surface area contributed by atoms with Crippen molar-refractivity contribution in [3.63, 3.8) is 0 Å². The molecule has 3 nitrogen and oxygen atoms in total. The quantitative estimate of drug-likeness (QED) is 0.781. The third-order valence-electron chi connectivity index (χ3n) is 3.50. The minimum absolute atomic E-state index is 0.633. The van der Waals surface area contributed by atoms with Crippen LogP contribution in [0.4, 0.5) is 0 Å². The summed E-state index contributed by atoms with van der Waals surface area (Å²) in [4.78, 5) is 18.6. The van der Waals surface area contributed by atoms with Crippen molar-refractivity contribution >= 4 is 17.3 Å². The Kier molecular flexibility index (Phi) is 2.24. The Labute approximate surface area is 93.9 Å². The molecule has 0 unspecified atom stereocenters. The van der Waals surface area contributed by atoms with Crippen LogP contribution in [0.15, 0.2) is 18.3 Å². The second-order valence-electron chi connectivity index (χ2n) is 4.48. The number of nitrogens with one attached hydrogen (secondary N) is 1. The Hall–Kier alpha value is -1.64. The highest BCUT2D eigenvalue weighted by atomic mass is 16.1. The lowest BCUT2D eigenvalue weighted by molar-refractivity contribution is 0.112. The Bertz CT molecular complexity index is 524. The van der Waals surface area contributed by atoms with Crippen LogP contribution in [0.25, 0.3) is 11.0 Å². The van der Waals surface area contributed by atoms with Crippen molar-refractivity contribution < 1.29 is 4.79 Å². The van der Waals surface area contributed by atoms with Crippen molar-refractivity contribution in [2.45, 2.75) is 31.6 Å². The summed E-state index contributed by atoms with van der Waals surface area (Å²) in [7, 11) is 0. The molecule has 1 N–H and O–H groups in total. The number of pyridine rings is 1. The molecule has 0 radical (unpaired) electrons. The summed E-state index contributed by atoms with van der Waals surface area (Å²) in [5, 5.41) is 0. The third kappa shape index (κ3) is 1.43. The van der Waals surface area contributed by atoms with Crippen molar-refractivity contribution in [1.29, 1.82) is 0 Å². The molecule has 3 heteroatoms. The van der Waals surface area contributed by atoms with Gasteiger partial charge in [-0.25, -0.2) is 0 Å². The number of hydrogen-bond donors (Lipinski definition) is 1. The van der Waals surface area contributed by atoms with Gasteiger partial charge in [0.2, 0.25) is 0 Å². The molecule has 2 aromatic heterocycles. The largest absolute Gasteiger partial charge is 0.356 e. The molecule has 2 aromatic rings. The minimum atomic E-state index is 0.633. The number of hydrogen-bond acceptors (Lipinski definition) is 2. The van der Waals surface area contributed by atoms with Crippen LogP contribution in [0.1, 0.15) is 47.7 Å². The van der Waals surface area contributed by atoms with Crippen molar-refractivity contribution in [1.82, 2.24) is 9.97 Å². The van der Waals surface area contributed by atoms with Gasteiger partial charge in [0.25, 0.3) is 0 Å². The maximum absolute atomic E-state index is 10.9. The molecule has 3 rings (SSSR count). The summed E-state index contributed by atoms with van der Waals surface area (Å²) in [5.41, 5.74) is 3.74. The molecule has 1 fully saturated rings. The highest BCUT2D eigenvalue weighted by Gasteiger charge is 2.19. The Balaban J connectivity index is 2.11. The zero-order chi connectivity index (χ0) is 11.0. The lowest BCUT2D eigenvalue weighted by atomic mass is 10.1. The SMILES string of the molecule is O=Cc1ccnc2cc(C3CCCC3)[nH]c12. The number of H-pyrrole nitrogens is 1. The number of rotatable bonds is 2. The zero-order valence-electron chi connectivity index (χ0n) is 9.07. The van der Waals surface area contributed by atoms with Gasteiger partial charge in [0.15, 0.2) is 6.29 Å². The van der Waals surface area contributed by atoms with E-state index in [1.165, 1.54) is 31.4 Å². The molecule has 0 spiro atoms. The topological polar surface area (TPSA) is 45.8 Å². The number of aromatic amines is 1. The predicted molar refractivity (Wildman–Crippen MR) is 62.7 cm³/mol. The standard InChI is InChI=1S/C13H14N2O/c16-8-10-5-6-14-12-7-11(15-13(10)12)9-3-1-2-4-9/h5-9,15H,1-4H2. The Morgan fingerprint density at radius 1 is 1.38 bits per heavy atom. The van der Waals surface area contributed by atoms with E-state index in [1.807, 2.05) is 0 Å². The van der Waals surface area contributed by atoms with Crippen LogP contribution in [0.2, 0.25) is 0 Å². The summed E-state index contributed by atoms with van der Waals surface area (Å²) < 4.78 is 0. The van der Waals surface area contributed by atoms with Gasteiger partial charge >= 0.3 is 0 Å². The van der Waals surface area contributed by atoms with Gasteiger partial charge in [0.05, 0.1) is 11.0 Å². The smallest absolute Gasteiger partial charge is 0.152 e. The van der Waals surface area contributed by atoms with Crippen molar-refractivity contribution in [3.8, 4) is 0 Å². The van der Waals surface area contributed by atoms with Gasteiger partial charge < -0.3 is 4.98 Å². The van der Waals surface area contributed by atoms with Crippen LogP contribution in [-0.4, -0.2) is 16.3 Å². The fraction of sp³-hybridized carbons (Fsp3) is 0.385. The van der Waals surface area contributed by atoms with E-state index < -0.39 is 0 Å². The fourth-order valence-corrected chi connectivity index (χ4v) is 2.62. The number of aromatic nitrogens is 2. The van der Waals surface area contributed by atoms with Crippen molar-refractivity contribution in [3.05, 3.63) is 29.6 Å². The molecule has 0 bridgehead atoms. The molecule has 82 valence electrons. The first-order valence-corrected chi connectivity index (χ1v) is 5.81. The second-order valence-corrected chi connectivity index (χ2v) is 4.48. The molecule has 0 atom stereocenters. The fourth-order valence-electron chi connectivity index (χ4n) is 2.62. The normalized spacial score (nSPS) is 17.0. The van der Waals surface area contributed by atoms with Gasteiger partial charge in [-0.15, -0.1) is 0 Å². The maximum atomic E-state index is 10.9. The molecule has 0 amide bonds. The monoisotopic (exact) mass is 214 g/mol. The first-order valence-electron chi connectivity index (χ1n) is 5.81. The lowest BCUT2D eigenvalue weighted by Crippen LogP contribution is -1.91. The molecule has 16 heavy (non-hydrogen) atoms. The van der Waals surface area contributed by atoms with E-state index in [1.54, 1.807) is 12.3 Å². The van der Waals surface area contributed by atoms with Gasteiger partial charge in [-0.1, -0.05) is 12.8 Å². The van der Waals surface area contributed by atoms with Crippen LogP contribution in [0.5, 0.6) is 0 Å². The number of carbonyl (C=O) groups excluding carboxylic acids is 1. The molecule has 2 heterocycles. The average molecular weight is 214 g/mol. The predicted octanol–water partition coefficient (Wildman–Crippen LogP) is 3.03. The van der Waals surface area contributed by atoms with Crippen LogP contribution in [0.3, 0.4) is 0 Å². The van der Waals surface area contributed by atoms with Crippen molar-refractivity contribution in [2.75, 3.05) is 0 Å². The highest BCUT2D eigenvalue weighted by Crippen LogP contribution is 2.34. The van der Waals surface area contributed by atoms with E-state index >= 15 is 0 Å². The summed E-state index contributed by atoms with van der Waals surface area (Å²) >= 11 is 0. The van der Waals surface area contributed by atoms with E-state index in [0.717, 1.165) is 17.3 Å². The molecule has 1 saturated carbocycles. The first-order chi connectivity index (χ1) is 7.88. The first kappa shape index (κ1) is 9.58. The summed E-state index contributed by atoms with van der Waals surface area (Å²) in [5.74, 6) is 0.633. The van der Waals surface area contributed by atoms with Gasteiger partial charge in [0, 0.05) is 17.5 Å². The van der Waals surface area contributed by atoms with Crippen LogP contribution in [-0.2, 0) is 0 Å². The van der Waals surface area contributed by atoms with E-state index in [4.69, 9.17) is 0 Å².